The molecule has 0 aliphatic carbocycles. The number of rotatable bonds is 10. The van der Waals surface area contributed by atoms with Gasteiger partial charge in [0.05, 0.1) is 23.7 Å². The van der Waals surface area contributed by atoms with Crippen LogP contribution in [0.3, 0.4) is 0 Å². The van der Waals surface area contributed by atoms with Crippen LogP contribution in [0.5, 0.6) is 5.75 Å². The zero-order valence-corrected chi connectivity index (χ0v) is 17.3. The van der Waals surface area contributed by atoms with Crippen LogP contribution < -0.4 is 4.74 Å². The SMILES string of the molecule is CC(C)(C)S(=O)(=O)CCCCCCCc1ccc(OC2CCOC2)cc1. The molecule has 0 saturated carbocycles. The molecule has 1 atom stereocenters. The van der Waals surface area contributed by atoms with E-state index >= 15 is 0 Å². The van der Waals surface area contributed by atoms with Gasteiger partial charge in [-0.25, -0.2) is 8.42 Å². The number of unbranched alkanes of at least 4 members (excludes halogenated alkanes) is 4. The summed E-state index contributed by atoms with van der Waals surface area (Å²) in [6.07, 6.45) is 7.38. The van der Waals surface area contributed by atoms with Crippen LogP contribution in [-0.2, 0) is 21.0 Å². The molecule has 1 aliphatic heterocycles. The van der Waals surface area contributed by atoms with Crippen molar-refractivity contribution in [3.8, 4) is 5.75 Å². The Labute approximate surface area is 159 Å². The zero-order valence-electron chi connectivity index (χ0n) is 16.5. The number of aryl methyl sites for hydroxylation is 1. The van der Waals surface area contributed by atoms with Crippen molar-refractivity contribution in [2.75, 3.05) is 19.0 Å². The van der Waals surface area contributed by atoms with E-state index in [4.69, 9.17) is 9.47 Å². The van der Waals surface area contributed by atoms with Crippen LogP contribution in [0, 0.1) is 0 Å². The fourth-order valence-corrected chi connectivity index (χ4v) is 4.19. The van der Waals surface area contributed by atoms with Gasteiger partial charge in [-0.05, 0) is 57.7 Å². The Bertz CT molecular complexity index is 623. The molecule has 0 amide bonds. The van der Waals surface area contributed by atoms with Gasteiger partial charge in [-0.3, -0.25) is 0 Å². The third-order valence-corrected chi connectivity index (χ3v) is 7.62. The van der Waals surface area contributed by atoms with E-state index in [0.29, 0.717) is 12.4 Å². The van der Waals surface area contributed by atoms with Crippen LogP contribution in [0.1, 0.15) is 64.9 Å². The molecule has 0 spiro atoms. The maximum Gasteiger partial charge on any atom is 0.155 e. The fourth-order valence-electron chi connectivity index (χ4n) is 2.99. The lowest BCUT2D eigenvalue weighted by Gasteiger charge is -2.18. The topological polar surface area (TPSA) is 52.6 Å². The minimum Gasteiger partial charge on any atom is -0.488 e. The monoisotopic (exact) mass is 382 g/mol. The highest BCUT2D eigenvalue weighted by molar-refractivity contribution is 7.92. The van der Waals surface area contributed by atoms with Crippen LogP contribution in [-0.4, -0.2) is 38.2 Å². The van der Waals surface area contributed by atoms with Gasteiger partial charge in [-0.2, -0.15) is 0 Å². The molecule has 0 N–H and O–H groups in total. The van der Waals surface area contributed by atoms with Crippen molar-refractivity contribution in [3.63, 3.8) is 0 Å². The first-order valence-corrected chi connectivity index (χ1v) is 11.5. The minimum absolute atomic E-state index is 0.197. The Morgan fingerprint density at radius 2 is 1.69 bits per heavy atom. The van der Waals surface area contributed by atoms with Gasteiger partial charge in [-0.1, -0.05) is 31.4 Å². The van der Waals surface area contributed by atoms with E-state index in [9.17, 15) is 8.42 Å². The zero-order chi connectivity index (χ0) is 19.0. The summed E-state index contributed by atoms with van der Waals surface area (Å²) in [5, 5.41) is 0. The molecule has 1 aliphatic rings. The second kappa shape index (κ2) is 9.75. The van der Waals surface area contributed by atoms with Gasteiger partial charge in [0.1, 0.15) is 11.9 Å². The van der Waals surface area contributed by atoms with Crippen molar-refractivity contribution >= 4 is 9.84 Å². The van der Waals surface area contributed by atoms with Gasteiger partial charge in [0, 0.05) is 6.42 Å². The molecule has 5 heteroatoms. The quantitative estimate of drug-likeness (QED) is 0.557. The summed E-state index contributed by atoms with van der Waals surface area (Å²) >= 11 is 0. The highest BCUT2D eigenvalue weighted by Crippen LogP contribution is 2.20. The number of hydrogen-bond donors (Lipinski definition) is 0. The normalized spacial score (nSPS) is 18.2. The third-order valence-electron chi connectivity index (χ3n) is 4.93. The van der Waals surface area contributed by atoms with Crippen molar-refractivity contribution in [3.05, 3.63) is 29.8 Å². The smallest absolute Gasteiger partial charge is 0.155 e. The highest BCUT2D eigenvalue weighted by Gasteiger charge is 2.27. The molecule has 1 unspecified atom stereocenters. The van der Waals surface area contributed by atoms with E-state index in [2.05, 4.69) is 12.1 Å². The lowest BCUT2D eigenvalue weighted by molar-refractivity contribution is 0.141. The van der Waals surface area contributed by atoms with Gasteiger partial charge in [0.2, 0.25) is 0 Å². The van der Waals surface area contributed by atoms with Gasteiger partial charge in [0.15, 0.2) is 9.84 Å². The lowest BCUT2D eigenvalue weighted by Crippen LogP contribution is -2.30. The van der Waals surface area contributed by atoms with Crippen LogP contribution in [0.4, 0.5) is 0 Å². The van der Waals surface area contributed by atoms with Crippen molar-refractivity contribution in [2.24, 2.45) is 0 Å². The predicted octanol–water partition coefficient (Wildman–Crippen LogP) is 4.56. The van der Waals surface area contributed by atoms with Crippen LogP contribution in [0.2, 0.25) is 0 Å². The summed E-state index contributed by atoms with van der Waals surface area (Å²) in [5.74, 6) is 1.23. The Hall–Kier alpha value is -1.07. The molecule has 0 aromatic heterocycles. The molecule has 1 heterocycles. The van der Waals surface area contributed by atoms with E-state index in [-0.39, 0.29) is 6.10 Å². The Morgan fingerprint density at radius 1 is 1.04 bits per heavy atom. The van der Waals surface area contributed by atoms with E-state index in [1.165, 1.54) is 5.56 Å². The van der Waals surface area contributed by atoms with Crippen LogP contribution in [0.25, 0.3) is 0 Å². The first kappa shape index (κ1) is 21.2. The van der Waals surface area contributed by atoms with Gasteiger partial charge in [0.25, 0.3) is 0 Å². The first-order valence-electron chi connectivity index (χ1n) is 9.83. The first-order chi connectivity index (χ1) is 12.3. The summed E-state index contributed by atoms with van der Waals surface area (Å²) < 4.78 is 34.7. The van der Waals surface area contributed by atoms with Crippen molar-refractivity contribution < 1.29 is 17.9 Å². The largest absolute Gasteiger partial charge is 0.488 e. The molecule has 1 saturated heterocycles. The summed E-state index contributed by atoms with van der Waals surface area (Å²) in [4.78, 5) is 0. The van der Waals surface area contributed by atoms with E-state index in [1.54, 1.807) is 20.8 Å². The number of ether oxygens (including phenoxy) is 2. The molecule has 1 aromatic rings. The number of sulfone groups is 1. The molecule has 148 valence electrons. The van der Waals surface area contributed by atoms with E-state index in [0.717, 1.165) is 57.3 Å². The third kappa shape index (κ3) is 6.92. The van der Waals surface area contributed by atoms with Gasteiger partial charge < -0.3 is 9.47 Å². The van der Waals surface area contributed by atoms with E-state index in [1.807, 2.05) is 12.1 Å². The fraction of sp³-hybridized carbons (Fsp3) is 0.714. The van der Waals surface area contributed by atoms with Gasteiger partial charge in [-0.15, -0.1) is 0 Å². The highest BCUT2D eigenvalue weighted by atomic mass is 32.2. The molecule has 0 bridgehead atoms. The minimum atomic E-state index is -2.97. The molecule has 4 nitrogen and oxygen atoms in total. The summed E-state index contributed by atoms with van der Waals surface area (Å²) in [7, 11) is -2.97. The van der Waals surface area contributed by atoms with Crippen LogP contribution in [0.15, 0.2) is 24.3 Å². The summed E-state index contributed by atoms with van der Waals surface area (Å²) in [6, 6.07) is 8.37. The lowest BCUT2D eigenvalue weighted by atomic mass is 10.1. The molecular formula is C21H34O4S. The summed E-state index contributed by atoms with van der Waals surface area (Å²) in [6.45, 7) is 6.82. The van der Waals surface area contributed by atoms with Crippen LogP contribution >= 0.6 is 0 Å². The Morgan fingerprint density at radius 3 is 2.31 bits per heavy atom. The molecule has 1 aromatic carbocycles. The second-order valence-corrected chi connectivity index (χ2v) is 11.1. The standard InChI is InChI=1S/C21H34O4S/c1-21(2,3)26(22,23)16-8-6-4-5-7-9-18-10-12-19(13-11-18)25-20-14-15-24-17-20/h10-13,20H,4-9,14-17H2,1-3H3. The summed E-state index contributed by atoms with van der Waals surface area (Å²) in [5.41, 5.74) is 1.33. The predicted molar refractivity (Wildman–Crippen MR) is 107 cm³/mol. The maximum atomic E-state index is 12.0. The van der Waals surface area contributed by atoms with Gasteiger partial charge >= 0.3 is 0 Å². The number of benzene rings is 1. The molecule has 0 radical (unpaired) electrons. The second-order valence-electron chi connectivity index (χ2n) is 8.20. The Kier molecular flexibility index (Phi) is 7.96. The van der Waals surface area contributed by atoms with Crippen molar-refractivity contribution in [1.82, 2.24) is 0 Å². The molecule has 1 fully saturated rings. The van der Waals surface area contributed by atoms with E-state index < -0.39 is 14.6 Å². The number of hydrogen-bond acceptors (Lipinski definition) is 4. The molecule has 26 heavy (non-hydrogen) atoms. The van der Waals surface area contributed by atoms with Crippen molar-refractivity contribution in [2.45, 2.75) is 76.6 Å². The Balaban J connectivity index is 1.57. The molecular weight excluding hydrogens is 348 g/mol. The average molecular weight is 383 g/mol. The maximum absolute atomic E-state index is 12.0. The average Bonchev–Trinajstić information content (AvgIpc) is 3.07. The van der Waals surface area contributed by atoms with Crippen molar-refractivity contribution in [1.29, 1.82) is 0 Å². The molecule has 2 rings (SSSR count).